The number of carbonyl (C=O) groups is 2. The van der Waals surface area contributed by atoms with E-state index in [9.17, 15) is 9.59 Å². The monoisotopic (exact) mass is 383 g/mol. The standard InChI is InChI=1S/C21H25N3O4/c1-3-28-19-10-6-17(7-11-19)24-14-16(12-20(24)25)23-21(26)22-13-15-4-8-18(27-2)9-5-15/h4-11,16H,3,12-14H2,1-2H3,(H2,22,23,26)/t16-/m1/s1. The van der Waals surface area contributed by atoms with Crippen LogP contribution < -0.4 is 25.0 Å². The van der Waals surface area contributed by atoms with Crippen molar-refractivity contribution < 1.29 is 19.1 Å². The summed E-state index contributed by atoms with van der Waals surface area (Å²) in [6.07, 6.45) is 0.281. The first-order valence-electron chi connectivity index (χ1n) is 9.29. The molecule has 2 N–H and O–H groups in total. The van der Waals surface area contributed by atoms with Crippen molar-refractivity contribution in [1.29, 1.82) is 0 Å². The van der Waals surface area contributed by atoms with E-state index in [1.807, 2.05) is 55.5 Å². The molecule has 7 heteroatoms. The van der Waals surface area contributed by atoms with Gasteiger partial charge in [0.1, 0.15) is 11.5 Å². The summed E-state index contributed by atoms with van der Waals surface area (Å²) in [6, 6.07) is 14.4. The van der Waals surface area contributed by atoms with Gasteiger partial charge < -0.3 is 25.0 Å². The number of ether oxygens (including phenoxy) is 2. The van der Waals surface area contributed by atoms with Crippen LogP contribution in [0.5, 0.6) is 11.5 Å². The van der Waals surface area contributed by atoms with Crippen molar-refractivity contribution in [3.05, 3.63) is 54.1 Å². The molecule has 0 unspecified atom stereocenters. The highest BCUT2D eigenvalue weighted by atomic mass is 16.5. The minimum absolute atomic E-state index is 0.00962. The molecule has 7 nitrogen and oxygen atoms in total. The zero-order valence-electron chi connectivity index (χ0n) is 16.1. The number of carbonyl (C=O) groups excluding carboxylic acids is 2. The summed E-state index contributed by atoms with van der Waals surface area (Å²) < 4.78 is 10.5. The second-order valence-corrected chi connectivity index (χ2v) is 6.51. The van der Waals surface area contributed by atoms with Crippen LogP contribution in [-0.2, 0) is 11.3 Å². The van der Waals surface area contributed by atoms with E-state index in [0.717, 1.165) is 22.7 Å². The molecule has 3 rings (SSSR count). The number of nitrogens with one attached hydrogen (secondary N) is 2. The van der Waals surface area contributed by atoms with Crippen molar-refractivity contribution in [2.45, 2.75) is 25.9 Å². The molecule has 1 aliphatic rings. The third kappa shape index (κ3) is 4.94. The van der Waals surface area contributed by atoms with Gasteiger partial charge in [0, 0.05) is 25.2 Å². The second-order valence-electron chi connectivity index (χ2n) is 6.51. The van der Waals surface area contributed by atoms with Gasteiger partial charge in [-0.2, -0.15) is 0 Å². The van der Waals surface area contributed by atoms with Crippen LogP contribution >= 0.6 is 0 Å². The van der Waals surface area contributed by atoms with Crippen LogP contribution in [0.1, 0.15) is 18.9 Å². The van der Waals surface area contributed by atoms with Gasteiger partial charge in [-0.1, -0.05) is 12.1 Å². The summed E-state index contributed by atoms with van der Waals surface area (Å²) in [5.41, 5.74) is 1.77. The van der Waals surface area contributed by atoms with Gasteiger partial charge in [0.2, 0.25) is 5.91 Å². The van der Waals surface area contributed by atoms with Gasteiger partial charge in [-0.05, 0) is 48.9 Å². The van der Waals surface area contributed by atoms with Crippen molar-refractivity contribution in [2.75, 3.05) is 25.2 Å². The Labute approximate surface area is 164 Å². The van der Waals surface area contributed by atoms with Crippen LogP contribution in [-0.4, -0.2) is 38.2 Å². The summed E-state index contributed by atoms with van der Waals surface area (Å²) >= 11 is 0. The fourth-order valence-corrected chi connectivity index (χ4v) is 3.10. The van der Waals surface area contributed by atoms with Crippen molar-refractivity contribution >= 4 is 17.6 Å². The first kappa shape index (κ1) is 19.5. The molecule has 1 fully saturated rings. The molecule has 1 aliphatic heterocycles. The molecule has 3 amide bonds. The van der Waals surface area contributed by atoms with E-state index in [-0.39, 0.29) is 24.4 Å². The fourth-order valence-electron chi connectivity index (χ4n) is 3.10. The minimum atomic E-state index is -0.290. The lowest BCUT2D eigenvalue weighted by molar-refractivity contribution is -0.117. The summed E-state index contributed by atoms with van der Waals surface area (Å²) in [7, 11) is 1.61. The molecular formula is C21H25N3O4. The molecule has 0 spiro atoms. The Kier molecular flexibility index (Phi) is 6.37. The number of rotatable bonds is 7. The van der Waals surface area contributed by atoms with Crippen LogP contribution in [0.3, 0.4) is 0 Å². The molecule has 1 atom stereocenters. The first-order chi connectivity index (χ1) is 13.6. The van der Waals surface area contributed by atoms with E-state index < -0.39 is 0 Å². The molecule has 0 saturated carbocycles. The van der Waals surface area contributed by atoms with Crippen LogP contribution in [0.15, 0.2) is 48.5 Å². The van der Waals surface area contributed by atoms with Crippen molar-refractivity contribution in [1.82, 2.24) is 10.6 Å². The lowest BCUT2D eigenvalue weighted by Gasteiger charge is -2.18. The lowest BCUT2D eigenvalue weighted by atomic mass is 10.2. The number of methoxy groups -OCH3 is 1. The normalized spacial score (nSPS) is 16.0. The molecular weight excluding hydrogens is 358 g/mol. The topological polar surface area (TPSA) is 79.9 Å². The highest BCUT2D eigenvalue weighted by Gasteiger charge is 2.31. The average molecular weight is 383 g/mol. The number of urea groups is 1. The van der Waals surface area contributed by atoms with E-state index in [4.69, 9.17) is 9.47 Å². The quantitative estimate of drug-likeness (QED) is 0.770. The SMILES string of the molecule is CCOc1ccc(N2C[C@H](NC(=O)NCc3ccc(OC)cc3)CC2=O)cc1. The number of hydrogen-bond donors (Lipinski definition) is 2. The molecule has 28 heavy (non-hydrogen) atoms. The van der Waals surface area contributed by atoms with E-state index in [2.05, 4.69) is 10.6 Å². The molecule has 1 heterocycles. The van der Waals surface area contributed by atoms with Gasteiger partial charge in [-0.3, -0.25) is 4.79 Å². The number of anilines is 1. The maximum atomic E-state index is 12.3. The zero-order chi connectivity index (χ0) is 19.9. The Morgan fingerprint density at radius 1 is 1.11 bits per heavy atom. The van der Waals surface area contributed by atoms with Crippen LogP contribution in [0.25, 0.3) is 0 Å². The lowest BCUT2D eigenvalue weighted by Crippen LogP contribution is -2.43. The van der Waals surface area contributed by atoms with Gasteiger partial charge in [-0.15, -0.1) is 0 Å². The van der Waals surface area contributed by atoms with Crippen molar-refractivity contribution in [3.8, 4) is 11.5 Å². The fraction of sp³-hybridized carbons (Fsp3) is 0.333. The van der Waals surface area contributed by atoms with Crippen molar-refractivity contribution in [3.63, 3.8) is 0 Å². The Balaban J connectivity index is 1.49. The molecule has 0 bridgehead atoms. The van der Waals surface area contributed by atoms with Crippen molar-refractivity contribution in [2.24, 2.45) is 0 Å². The Bertz CT molecular complexity index is 805. The van der Waals surface area contributed by atoms with E-state index >= 15 is 0 Å². The van der Waals surface area contributed by atoms with Gasteiger partial charge >= 0.3 is 6.03 Å². The predicted octanol–water partition coefficient (Wildman–Crippen LogP) is 2.70. The van der Waals surface area contributed by atoms with Gasteiger partial charge in [0.25, 0.3) is 0 Å². The third-order valence-electron chi connectivity index (χ3n) is 4.53. The van der Waals surface area contributed by atoms with E-state index in [0.29, 0.717) is 19.7 Å². The van der Waals surface area contributed by atoms with E-state index in [1.165, 1.54) is 0 Å². The van der Waals surface area contributed by atoms with Crippen LogP contribution in [0.2, 0.25) is 0 Å². The summed E-state index contributed by atoms with van der Waals surface area (Å²) in [5, 5.41) is 5.69. The molecule has 2 aromatic carbocycles. The molecule has 0 aromatic heterocycles. The smallest absolute Gasteiger partial charge is 0.315 e. The summed E-state index contributed by atoms with van der Waals surface area (Å²) in [5.74, 6) is 1.53. The number of amides is 3. The molecule has 0 radical (unpaired) electrons. The van der Waals surface area contributed by atoms with Crippen LogP contribution in [0.4, 0.5) is 10.5 Å². The number of nitrogens with zero attached hydrogens (tertiary/aromatic N) is 1. The number of benzene rings is 2. The average Bonchev–Trinajstić information content (AvgIpc) is 3.07. The van der Waals surface area contributed by atoms with Gasteiger partial charge in [0.15, 0.2) is 0 Å². The van der Waals surface area contributed by atoms with Gasteiger partial charge in [0.05, 0.1) is 19.8 Å². The molecule has 148 valence electrons. The van der Waals surface area contributed by atoms with E-state index in [1.54, 1.807) is 12.0 Å². The molecule has 0 aliphatic carbocycles. The Morgan fingerprint density at radius 3 is 2.43 bits per heavy atom. The molecule has 2 aromatic rings. The largest absolute Gasteiger partial charge is 0.497 e. The summed E-state index contributed by atoms with van der Waals surface area (Å²) in [6.45, 7) is 3.37. The Hall–Kier alpha value is -3.22. The highest BCUT2D eigenvalue weighted by Crippen LogP contribution is 2.24. The zero-order valence-corrected chi connectivity index (χ0v) is 16.1. The number of hydrogen-bond acceptors (Lipinski definition) is 4. The molecule has 1 saturated heterocycles. The maximum Gasteiger partial charge on any atom is 0.315 e. The first-order valence-corrected chi connectivity index (χ1v) is 9.29. The minimum Gasteiger partial charge on any atom is -0.497 e. The van der Waals surface area contributed by atoms with Gasteiger partial charge in [-0.25, -0.2) is 4.79 Å². The summed E-state index contributed by atoms with van der Waals surface area (Å²) in [4.78, 5) is 26.2. The third-order valence-corrected chi connectivity index (χ3v) is 4.53. The van der Waals surface area contributed by atoms with Crippen LogP contribution in [0, 0.1) is 0 Å². The maximum absolute atomic E-state index is 12.3. The highest BCUT2D eigenvalue weighted by molar-refractivity contribution is 5.96. The second kappa shape index (κ2) is 9.12. The predicted molar refractivity (Wildman–Crippen MR) is 107 cm³/mol. The Morgan fingerprint density at radius 2 is 1.79 bits per heavy atom.